The fourth-order valence-electron chi connectivity index (χ4n) is 5.09. The van der Waals surface area contributed by atoms with Crippen molar-refractivity contribution >= 4 is 34.0 Å². The molecule has 2 heterocycles. The van der Waals surface area contributed by atoms with E-state index in [0.29, 0.717) is 35.2 Å². The third-order valence-corrected chi connectivity index (χ3v) is 7.88. The fraction of sp³-hybridized carbons (Fsp3) is 0.258. The monoisotopic (exact) mass is 621 g/mol. The van der Waals surface area contributed by atoms with Crippen LogP contribution >= 0.6 is 11.6 Å². The minimum atomic E-state index is -4.55. The maximum atomic E-state index is 13.9. The van der Waals surface area contributed by atoms with Crippen molar-refractivity contribution in [3.8, 4) is 6.07 Å². The summed E-state index contributed by atoms with van der Waals surface area (Å²) in [5.41, 5.74) is -0.457. The van der Waals surface area contributed by atoms with Gasteiger partial charge in [-0.05, 0) is 54.7 Å². The van der Waals surface area contributed by atoms with Crippen molar-refractivity contribution in [2.75, 3.05) is 10.6 Å². The third kappa shape index (κ3) is 5.75. The second kappa shape index (κ2) is 11.7. The molecular weight excluding hydrogens is 596 g/mol. The number of nitriles is 1. The summed E-state index contributed by atoms with van der Waals surface area (Å²) in [5.74, 6) is -0.133. The second-order valence-electron chi connectivity index (χ2n) is 10.5. The van der Waals surface area contributed by atoms with Crippen LogP contribution in [0.3, 0.4) is 0 Å². The molecule has 8 nitrogen and oxygen atoms in total. The molecule has 2 atom stereocenters. The largest absolute Gasteiger partial charge is 0.413 e. The molecule has 6 rings (SSSR count). The van der Waals surface area contributed by atoms with Crippen LogP contribution in [0, 0.1) is 17.1 Å². The van der Waals surface area contributed by atoms with E-state index in [1.165, 1.54) is 24.5 Å². The lowest BCUT2D eigenvalue weighted by atomic mass is 10.0. The van der Waals surface area contributed by atoms with Crippen LogP contribution in [0.4, 0.5) is 29.1 Å². The fourth-order valence-corrected chi connectivity index (χ4v) is 5.35. The highest BCUT2D eigenvalue weighted by Crippen LogP contribution is 2.55. The van der Waals surface area contributed by atoms with Gasteiger partial charge in [-0.15, -0.1) is 5.10 Å². The zero-order valence-electron chi connectivity index (χ0n) is 24.0. The third-order valence-electron chi connectivity index (χ3n) is 7.59. The quantitative estimate of drug-likeness (QED) is 0.154. The van der Waals surface area contributed by atoms with Gasteiger partial charge < -0.3 is 10.6 Å². The van der Waals surface area contributed by atoms with Crippen molar-refractivity contribution in [1.29, 1.82) is 5.26 Å². The number of nitrogens with one attached hydrogen (secondary N) is 2. The first-order valence-electron chi connectivity index (χ1n) is 14.2. The number of anilines is 2. The maximum absolute atomic E-state index is 13.9. The van der Waals surface area contributed by atoms with Gasteiger partial charge in [0.05, 0.1) is 36.2 Å². The number of hydrogen-bond acceptors (Lipinski definition) is 7. The van der Waals surface area contributed by atoms with E-state index < -0.39 is 23.6 Å². The molecule has 0 radical (unpaired) electrons. The number of halogens is 5. The zero-order chi connectivity index (χ0) is 31.8. The highest BCUT2D eigenvalue weighted by atomic mass is 35.5. The first-order chi connectivity index (χ1) is 21.5. The molecule has 224 valence electrons. The molecule has 0 saturated heterocycles. The van der Waals surface area contributed by atoms with Gasteiger partial charge in [0, 0.05) is 17.5 Å². The predicted molar refractivity (Wildman–Crippen MR) is 157 cm³/mol. The molecular formula is C31H25ClF4N8. The lowest BCUT2D eigenvalue weighted by molar-refractivity contribution is -0.182. The topological polar surface area (TPSA) is 104 Å². The number of rotatable bonds is 10. The number of fused-ring (bicyclic) bond motifs is 1. The van der Waals surface area contributed by atoms with Crippen LogP contribution < -0.4 is 10.6 Å². The van der Waals surface area contributed by atoms with Crippen LogP contribution in [0.5, 0.6) is 0 Å². The Bertz CT molecular complexity index is 1870. The van der Waals surface area contributed by atoms with Gasteiger partial charge in [-0.25, -0.2) is 19.0 Å². The Morgan fingerprint density at radius 3 is 2.48 bits per heavy atom. The summed E-state index contributed by atoms with van der Waals surface area (Å²) in [6.07, 6.45) is -1.61. The van der Waals surface area contributed by atoms with Gasteiger partial charge in [-0.2, -0.15) is 18.4 Å². The van der Waals surface area contributed by atoms with Crippen LogP contribution in [0.1, 0.15) is 55.9 Å². The van der Waals surface area contributed by atoms with Crippen molar-refractivity contribution in [2.45, 2.75) is 49.5 Å². The first-order valence-corrected chi connectivity index (χ1v) is 14.1. The summed E-state index contributed by atoms with van der Waals surface area (Å²) in [7, 11) is 0. The molecule has 0 unspecified atom stereocenters. The molecule has 1 fully saturated rings. The minimum Gasteiger partial charge on any atom is -0.373 e. The Hall–Kier alpha value is -4.76. The standard InChI is InChI=1S/C31H25ClF4N8/c32-24-16-22(15-23-28(24)38-18-39-29(23)41-25(7-4-14-37)19-5-2-1-3-6-19)40-27(20-8-10-21(33)11-9-20)26-17-44(43-42-26)30(12-13-30)31(34,35)36/h1-3,5-6,8-11,15-18,25,27,40H,4,7,12-13H2,(H,38,39,41)/t25-,27+/m1/s1/i27D. The molecule has 2 aromatic heterocycles. The summed E-state index contributed by atoms with van der Waals surface area (Å²) in [6.45, 7) is 0. The Balaban J connectivity index is 1.41. The summed E-state index contributed by atoms with van der Waals surface area (Å²) >= 11 is 6.67. The lowest BCUT2D eigenvalue weighted by Gasteiger charge is -2.22. The number of benzene rings is 3. The molecule has 0 amide bonds. The van der Waals surface area contributed by atoms with Crippen molar-refractivity contribution in [3.63, 3.8) is 0 Å². The highest BCUT2D eigenvalue weighted by molar-refractivity contribution is 6.35. The summed E-state index contributed by atoms with van der Waals surface area (Å²) in [5, 5.41) is 24.1. The van der Waals surface area contributed by atoms with E-state index in [-0.39, 0.29) is 35.2 Å². The molecule has 13 heteroatoms. The van der Waals surface area contributed by atoms with Crippen molar-refractivity contribution < 1.29 is 18.9 Å². The van der Waals surface area contributed by atoms with Crippen LogP contribution in [0.25, 0.3) is 10.9 Å². The summed E-state index contributed by atoms with van der Waals surface area (Å²) in [4.78, 5) is 8.76. The molecule has 2 N–H and O–H groups in total. The average Bonchev–Trinajstić information content (AvgIpc) is 3.70. The van der Waals surface area contributed by atoms with Crippen LogP contribution in [-0.2, 0) is 5.54 Å². The average molecular weight is 622 g/mol. The molecule has 0 spiro atoms. The van der Waals surface area contributed by atoms with Gasteiger partial charge in [-0.1, -0.05) is 59.3 Å². The van der Waals surface area contributed by atoms with E-state index in [9.17, 15) is 24.2 Å². The van der Waals surface area contributed by atoms with Gasteiger partial charge in [0.25, 0.3) is 0 Å². The van der Waals surface area contributed by atoms with Gasteiger partial charge >= 0.3 is 6.18 Å². The normalized spacial score (nSPS) is 16.4. The van der Waals surface area contributed by atoms with E-state index in [0.717, 1.165) is 28.6 Å². The zero-order valence-corrected chi connectivity index (χ0v) is 23.7. The van der Waals surface area contributed by atoms with Crippen LogP contribution in [0.2, 0.25) is 5.02 Å². The molecule has 5 aromatic rings. The number of aromatic nitrogens is 5. The molecule has 1 saturated carbocycles. The minimum absolute atomic E-state index is 0.135. The Kier molecular flexibility index (Phi) is 7.47. The summed E-state index contributed by atoms with van der Waals surface area (Å²) < 4.78 is 65.7. The number of nitrogens with zero attached hydrogens (tertiary/aromatic N) is 6. The molecule has 3 aromatic carbocycles. The Morgan fingerprint density at radius 2 is 1.80 bits per heavy atom. The van der Waals surface area contributed by atoms with E-state index >= 15 is 0 Å². The van der Waals surface area contributed by atoms with Crippen molar-refractivity contribution in [1.82, 2.24) is 25.0 Å². The Morgan fingerprint density at radius 1 is 1.05 bits per heavy atom. The molecule has 0 bridgehead atoms. The Labute approximate surface area is 256 Å². The molecule has 1 aliphatic rings. The smallest absolute Gasteiger partial charge is 0.373 e. The van der Waals surface area contributed by atoms with E-state index in [1.807, 2.05) is 30.3 Å². The van der Waals surface area contributed by atoms with E-state index in [2.05, 4.69) is 37.0 Å². The SMILES string of the molecule is [2H][C@](Nc1cc(Cl)c2ncnc(N[C@H](CCC#N)c3ccccc3)c2c1)(c1ccc(F)cc1)c1cn(C2(C(F)(F)F)CC2)nn1. The van der Waals surface area contributed by atoms with Gasteiger partial charge in [0.1, 0.15) is 23.7 Å². The first kappa shape index (κ1) is 28.0. The van der Waals surface area contributed by atoms with Gasteiger partial charge in [0.2, 0.25) is 0 Å². The van der Waals surface area contributed by atoms with Crippen LogP contribution in [0.15, 0.2) is 79.3 Å². The predicted octanol–water partition coefficient (Wildman–Crippen LogP) is 7.72. The van der Waals surface area contributed by atoms with Gasteiger partial charge in [-0.3, -0.25) is 0 Å². The molecule has 44 heavy (non-hydrogen) atoms. The van der Waals surface area contributed by atoms with Crippen LogP contribution in [-0.4, -0.2) is 31.1 Å². The molecule has 1 aliphatic carbocycles. The molecule has 0 aliphatic heterocycles. The second-order valence-corrected chi connectivity index (χ2v) is 10.9. The van der Waals surface area contributed by atoms with E-state index in [4.69, 9.17) is 11.6 Å². The van der Waals surface area contributed by atoms with E-state index in [1.54, 1.807) is 6.07 Å². The maximum Gasteiger partial charge on any atom is 0.413 e. The highest BCUT2D eigenvalue weighted by Gasteiger charge is 2.66. The van der Waals surface area contributed by atoms with Crippen molar-refractivity contribution in [3.05, 3.63) is 107 Å². The lowest BCUT2D eigenvalue weighted by Crippen LogP contribution is -2.35. The number of hydrogen-bond donors (Lipinski definition) is 2. The summed E-state index contributed by atoms with van der Waals surface area (Å²) in [6, 6.07) is 17.6. The number of alkyl halides is 3. The van der Waals surface area contributed by atoms with Crippen molar-refractivity contribution in [2.24, 2.45) is 0 Å². The van der Waals surface area contributed by atoms with Gasteiger partial charge in [0.15, 0.2) is 5.54 Å².